The van der Waals surface area contributed by atoms with E-state index in [1.807, 2.05) is 29.9 Å². The van der Waals surface area contributed by atoms with Crippen LogP contribution in [-0.4, -0.2) is 62.8 Å². The first-order chi connectivity index (χ1) is 16.6. The highest BCUT2D eigenvalue weighted by Crippen LogP contribution is 2.26. The van der Waals surface area contributed by atoms with E-state index in [0.717, 1.165) is 47.5 Å². The summed E-state index contributed by atoms with van der Waals surface area (Å²) in [5, 5.41) is 0. The van der Waals surface area contributed by atoms with Crippen molar-refractivity contribution in [3.8, 4) is 0 Å². The maximum atomic E-state index is 5.94. The summed E-state index contributed by atoms with van der Waals surface area (Å²) in [6, 6.07) is 10.5. The zero-order valence-electron chi connectivity index (χ0n) is 19.5. The summed E-state index contributed by atoms with van der Waals surface area (Å²) in [5.74, 6) is 1.71. The van der Waals surface area contributed by atoms with Crippen molar-refractivity contribution in [1.29, 1.82) is 0 Å². The topological polar surface area (TPSA) is 77.7 Å². The van der Waals surface area contributed by atoms with Crippen LogP contribution in [0.1, 0.15) is 34.0 Å². The van der Waals surface area contributed by atoms with Gasteiger partial charge in [-0.1, -0.05) is 0 Å². The molecule has 0 unspecified atom stereocenters. The Morgan fingerprint density at radius 2 is 1.68 bits per heavy atom. The molecule has 8 nitrogen and oxygen atoms in total. The summed E-state index contributed by atoms with van der Waals surface area (Å²) in [4.78, 5) is 21.3. The molecule has 4 aromatic heterocycles. The molecule has 0 aliphatic carbocycles. The van der Waals surface area contributed by atoms with Gasteiger partial charge in [0.25, 0.3) is 0 Å². The van der Waals surface area contributed by atoms with Gasteiger partial charge in [-0.15, -0.1) is 0 Å². The van der Waals surface area contributed by atoms with Crippen molar-refractivity contribution in [1.82, 2.24) is 24.3 Å². The predicted octanol–water partition coefficient (Wildman–Crippen LogP) is 2.92. The van der Waals surface area contributed by atoms with Gasteiger partial charge in [-0.2, -0.15) is 0 Å². The number of pyridine rings is 2. The second-order valence-electron chi connectivity index (χ2n) is 9.22. The second-order valence-corrected chi connectivity index (χ2v) is 9.22. The Labute approximate surface area is 198 Å². The van der Waals surface area contributed by atoms with Gasteiger partial charge >= 0.3 is 0 Å². The normalized spacial score (nSPS) is 20.1. The summed E-state index contributed by atoms with van der Waals surface area (Å²) in [7, 11) is 0. The van der Waals surface area contributed by atoms with Crippen LogP contribution in [0.25, 0.3) is 5.65 Å². The Balaban J connectivity index is 1.33. The zero-order chi connectivity index (χ0) is 23.1. The summed E-state index contributed by atoms with van der Waals surface area (Å²) >= 11 is 0. The average molecular weight is 457 g/mol. The number of hydrogen-bond donors (Lipinski definition) is 0. The van der Waals surface area contributed by atoms with Gasteiger partial charge in [0, 0.05) is 55.6 Å². The molecule has 0 aromatic carbocycles. The third kappa shape index (κ3) is 4.38. The van der Waals surface area contributed by atoms with Crippen LogP contribution in [0.4, 0.5) is 5.82 Å². The highest BCUT2D eigenvalue weighted by molar-refractivity contribution is 5.46. The molecule has 2 saturated heterocycles. The first kappa shape index (κ1) is 21.2. The Kier molecular flexibility index (Phi) is 5.47. The van der Waals surface area contributed by atoms with Gasteiger partial charge in [-0.3, -0.25) is 4.98 Å². The summed E-state index contributed by atoms with van der Waals surface area (Å²) in [6.07, 6.45) is 7.30. The van der Waals surface area contributed by atoms with Crippen LogP contribution in [0, 0.1) is 13.8 Å². The smallest absolute Gasteiger partial charge is 0.136 e. The molecule has 8 heteroatoms. The largest absolute Gasteiger partial charge is 0.371 e. The minimum atomic E-state index is 0.0968. The van der Waals surface area contributed by atoms with Crippen molar-refractivity contribution in [2.45, 2.75) is 38.9 Å². The van der Waals surface area contributed by atoms with Gasteiger partial charge < -0.3 is 18.8 Å². The molecule has 0 N–H and O–H groups in total. The molecular weight excluding hydrogens is 428 g/mol. The lowest BCUT2D eigenvalue weighted by Gasteiger charge is -2.24. The Morgan fingerprint density at radius 1 is 0.882 bits per heavy atom. The second kappa shape index (κ2) is 8.77. The van der Waals surface area contributed by atoms with Crippen molar-refractivity contribution in [3.05, 3.63) is 83.0 Å². The van der Waals surface area contributed by atoms with Gasteiger partial charge in [0.2, 0.25) is 0 Å². The summed E-state index contributed by atoms with van der Waals surface area (Å²) < 4.78 is 13.9. The number of rotatable bonds is 5. The van der Waals surface area contributed by atoms with E-state index in [0.29, 0.717) is 26.1 Å². The molecule has 2 aliphatic rings. The number of anilines is 1. The van der Waals surface area contributed by atoms with Crippen molar-refractivity contribution in [3.63, 3.8) is 0 Å². The zero-order valence-corrected chi connectivity index (χ0v) is 19.5. The first-order valence-electron chi connectivity index (χ1n) is 11.8. The molecule has 0 spiro atoms. The fourth-order valence-electron chi connectivity index (χ4n) is 4.97. The molecule has 34 heavy (non-hydrogen) atoms. The van der Waals surface area contributed by atoms with Crippen LogP contribution in [0.5, 0.6) is 0 Å². The van der Waals surface area contributed by atoms with E-state index in [4.69, 9.17) is 24.4 Å². The number of hydrogen-bond acceptors (Lipinski definition) is 7. The molecule has 0 radical (unpaired) electrons. The van der Waals surface area contributed by atoms with E-state index in [1.165, 1.54) is 11.1 Å². The molecular formula is C26H28N6O2. The lowest BCUT2D eigenvalue weighted by atomic mass is 10.1. The Morgan fingerprint density at radius 3 is 2.47 bits per heavy atom. The summed E-state index contributed by atoms with van der Waals surface area (Å²) in [6.45, 7) is 6.99. The molecule has 2 aliphatic heterocycles. The van der Waals surface area contributed by atoms with Crippen LogP contribution >= 0.6 is 0 Å². The minimum absolute atomic E-state index is 0.0968. The molecule has 0 saturated carbocycles. The van der Waals surface area contributed by atoms with E-state index in [9.17, 15) is 0 Å². The lowest BCUT2D eigenvalue weighted by molar-refractivity contribution is -0.116. The molecule has 0 bridgehead atoms. The van der Waals surface area contributed by atoms with Gasteiger partial charge in [0.1, 0.15) is 29.5 Å². The minimum Gasteiger partial charge on any atom is -0.371 e. The molecule has 174 valence electrons. The average Bonchev–Trinajstić information content (AvgIpc) is 3.45. The van der Waals surface area contributed by atoms with Gasteiger partial charge in [0.05, 0.1) is 25.3 Å². The van der Waals surface area contributed by atoms with Gasteiger partial charge in [-0.25, -0.2) is 15.0 Å². The first-order valence-corrected chi connectivity index (χ1v) is 11.8. The molecule has 2 atom stereocenters. The standard InChI is InChI=1S/C26H28N6O2/c1-17-9-18(2)28-20(10-17)13-24-29-21(11-19-3-5-31-6-4-27-25(31)12-19)14-26(30-24)32-15-22-23(16-32)34-8-7-33-22/h3-6,9-10,12,14,22-23H,7-8,11,13,15-16H2,1-2H3/t22-,23+. The van der Waals surface area contributed by atoms with Gasteiger partial charge in [0.15, 0.2) is 0 Å². The van der Waals surface area contributed by atoms with Crippen LogP contribution in [0.15, 0.2) is 48.9 Å². The van der Waals surface area contributed by atoms with Crippen LogP contribution in [0.3, 0.4) is 0 Å². The third-order valence-corrected chi connectivity index (χ3v) is 6.44. The van der Waals surface area contributed by atoms with E-state index < -0.39 is 0 Å². The van der Waals surface area contributed by atoms with E-state index in [2.05, 4.69) is 47.1 Å². The molecule has 0 amide bonds. The molecule has 4 aromatic rings. The highest BCUT2D eigenvalue weighted by atomic mass is 16.6. The number of nitrogens with zero attached hydrogens (tertiary/aromatic N) is 6. The number of fused-ring (bicyclic) bond motifs is 2. The quantitative estimate of drug-likeness (QED) is 0.457. The van der Waals surface area contributed by atoms with E-state index in [-0.39, 0.29) is 12.2 Å². The maximum Gasteiger partial charge on any atom is 0.136 e. The number of aromatic nitrogens is 5. The SMILES string of the molecule is Cc1cc(C)nc(Cc2nc(Cc3ccn4ccnc4c3)cc(N3C[C@@H]4OCCO[C@@H]4C3)n2)c1. The number of imidazole rings is 1. The maximum absolute atomic E-state index is 5.94. The lowest BCUT2D eigenvalue weighted by Crippen LogP contribution is -2.36. The van der Waals surface area contributed by atoms with Crippen molar-refractivity contribution >= 4 is 11.5 Å². The van der Waals surface area contributed by atoms with Gasteiger partial charge in [-0.05, 0) is 49.2 Å². The van der Waals surface area contributed by atoms with E-state index in [1.54, 1.807) is 0 Å². The highest BCUT2D eigenvalue weighted by Gasteiger charge is 2.37. The van der Waals surface area contributed by atoms with E-state index >= 15 is 0 Å². The molecule has 2 fully saturated rings. The van der Waals surface area contributed by atoms with Crippen molar-refractivity contribution in [2.24, 2.45) is 0 Å². The van der Waals surface area contributed by atoms with Crippen molar-refractivity contribution in [2.75, 3.05) is 31.2 Å². The van der Waals surface area contributed by atoms with Crippen LogP contribution < -0.4 is 4.90 Å². The Bertz CT molecular complexity index is 1300. The summed E-state index contributed by atoms with van der Waals surface area (Å²) in [5.41, 5.74) is 6.28. The number of ether oxygens (including phenoxy) is 2. The third-order valence-electron chi connectivity index (χ3n) is 6.44. The number of aryl methyl sites for hydroxylation is 2. The Hall–Kier alpha value is -3.36. The fourth-order valence-corrected chi connectivity index (χ4v) is 4.97. The van der Waals surface area contributed by atoms with Crippen molar-refractivity contribution < 1.29 is 9.47 Å². The van der Waals surface area contributed by atoms with Crippen LogP contribution in [-0.2, 0) is 22.3 Å². The monoisotopic (exact) mass is 456 g/mol. The fraction of sp³-hybridized carbons (Fsp3) is 0.385. The predicted molar refractivity (Wildman–Crippen MR) is 128 cm³/mol. The molecule has 6 rings (SSSR count). The molecule has 6 heterocycles. The van der Waals surface area contributed by atoms with Crippen LogP contribution in [0.2, 0.25) is 0 Å².